The van der Waals surface area contributed by atoms with Gasteiger partial charge in [-0.05, 0) is 79.9 Å². The number of piperazine rings is 1. The van der Waals surface area contributed by atoms with E-state index in [-0.39, 0.29) is 12.4 Å². The second-order valence-corrected chi connectivity index (χ2v) is 9.81. The Morgan fingerprint density at radius 3 is 2.51 bits per heavy atom. The number of halogens is 4. The van der Waals surface area contributed by atoms with Gasteiger partial charge in [0, 0.05) is 43.8 Å². The number of nitrogens with zero attached hydrogens (tertiary/aromatic N) is 5. The Balaban J connectivity index is 0.00000320. The highest BCUT2D eigenvalue weighted by Crippen LogP contribution is 2.32. The highest BCUT2D eigenvalue weighted by molar-refractivity contribution is 5.91. The number of benzene rings is 2. The smallest absolute Gasteiger partial charge is 0.369 e. The summed E-state index contributed by atoms with van der Waals surface area (Å²) < 4.78 is 39.5. The Kier molecular flexibility index (Phi) is 8.71. The zero-order valence-corrected chi connectivity index (χ0v) is 21.7. The number of hydrogen-bond acceptors (Lipinski definition) is 7. The highest BCUT2D eigenvalue weighted by Gasteiger charge is 2.31. The number of anilines is 2. The molecule has 3 heterocycles. The van der Waals surface area contributed by atoms with E-state index >= 15 is 0 Å². The standard InChI is InChI=1S/C26H32F3N7.ClH/c1-18(20-3-2-4-21(15-20)26(27,28)29)31-25-23-16-22(5-6-24(23)32-34-33-25)36-13-11-35(12-14-36)17-19-7-9-30-10-8-19;/h2-6,15-16,18-19,30H,7-14,17H2,1H3,(H,31,32,33);1H/t18-;/m1./s1. The number of aromatic nitrogens is 3. The molecule has 0 spiro atoms. The van der Waals surface area contributed by atoms with Crippen molar-refractivity contribution < 1.29 is 13.2 Å². The number of nitrogens with one attached hydrogen (secondary N) is 2. The van der Waals surface area contributed by atoms with Crippen LogP contribution in [-0.4, -0.2) is 66.1 Å². The van der Waals surface area contributed by atoms with Crippen molar-refractivity contribution in [2.45, 2.75) is 32.0 Å². The van der Waals surface area contributed by atoms with E-state index in [2.05, 4.69) is 48.0 Å². The summed E-state index contributed by atoms with van der Waals surface area (Å²) >= 11 is 0. The Morgan fingerprint density at radius 2 is 1.78 bits per heavy atom. The van der Waals surface area contributed by atoms with Crippen molar-refractivity contribution >= 4 is 34.8 Å². The van der Waals surface area contributed by atoms with Gasteiger partial charge in [-0.25, -0.2) is 0 Å². The molecule has 11 heteroatoms. The molecule has 1 aromatic heterocycles. The van der Waals surface area contributed by atoms with Gasteiger partial charge in [0.1, 0.15) is 0 Å². The summed E-state index contributed by atoms with van der Waals surface area (Å²) in [7, 11) is 0. The lowest BCUT2D eigenvalue weighted by molar-refractivity contribution is -0.137. The van der Waals surface area contributed by atoms with Crippen LogP contribution in [0.5, 0.6) is 0 Å². The van der Waals surface area contributed by atoms with E-state index in [1.54, 1.807) is 6.07 Å². The topological polar surface area (TPSA) is 69.2 Å². The van der Waals surface area contributed by atoms with Crippen molar-refractivity contribution in [2.24, 2.45) is 5.92 Å². The van der Waals surface area contributed by atoms with Crippen LogP contribution in [0, 0.1) is 5.92 Å². The zero-order valence-electron chi connectivity index (χ0n) is 20.8. The summed E-state index contributed by atoms with van der Waals surface area (Å²) in [5.74, 6) is 1.30. The summed E-state index contributed by atoms with van der Waals surface area (Å²) in [6.45, 7) is 9.21. The van der Waals surface area contributed by atoms with Gasteiger partial charge in [-0.1, -0.05) is 12.1 Å². The molecular formula is C26H33ClF3N7. The lowest BCUT2D eigenvalue weighted by Crippen LogP contribution is -2.48. The van der Waals surface area contributed by atoms with E-state index in [0.717, 1.165) is 62.3 Å². The van der Waals surface area contributed by atoms with Gasteiger partial charge in [0.2, 0.25) is 0 Å². The molecular weight excluding hydrogens is 503 g/mol. The molecule has 2 aliphatic heterocycles. The number of rotatable bonds is 6. The highest BCUT2D eigenvalue weighted by atomic mass is 35.5. The minimum absolute atomic E-state index is 0. The first-order chi connectivity index (χ1) is 17.4. The SMILES string of the molecule is C[C@@H](Nc1nnnc2ccc(N3CCN(CC4CCNCC4)CC3)cc12)c1cccc(C(F)(F)F)c1.Cl. The van der Waals surface area contributed by atoms with Crippen molar-refractivity contribution in [1.29, 1.82) is 0 Å². The summed E-state index contributed by atoms with van der Waals surface area (Å²) in [5.41, 5.74) is 1.64. The van der Waals surface area contributed by atoms with Gasteiger partial charge in [0.05, 0.1) is 17.1 Å². The predicted octanol–water partition coefficient (Wildman–Crippen LogP) is 4.76. The van der Waals surface area contributed by atoms with Crippen LogP contribution in [-0.2, 0) is 6.18 Å². The van der Waals surface area contributed by atoms with Crippen molar-refractivity contribution in [3.05, 3.63) is 53.6 Å². The van der Waals surface area contributed by atoms with Crippen molar-refractivity contribution in [1.82, 2.24) is 25.6 Å². The third-order valence-corrected chi connectivity index (χ3v) is 7.31. The third kappa shape index (κ3) is 6.61. The Hall–Kier alpha value is -2.69. The van der Waals surface area contributed by atoms with Gasteiger partial charge < -0.3 is 15.5 Å². The summed E-state index contributed by atoms with van der Waals surface area (Å²) in [4.78, 5) is 4.95. The quantitative estimate of drug-likeness (QED) is 0.471. The molecule has 200 valence electrons. The van der Waals surface area contributed by atoms with Crippen LogP contribution in [0.2, 0.25) is 0 Å². The van der Waals surface area contributed by atoms with Crippen LogP contribution in [0.3, 0.4) is 0 Å². The lowest BCUT2D eigenvalue weighted by Gasteiger charge is -2.38. The molecule has 0 amide bonds. The van der Waals surface area contributed by atoms with E-state index in [1.807, 2.05) is 13.0 Å². The maximum atomic E-state index is 13.2. The minimum Gasteiger partial charge on any atom is -0.369 e. The van der Waals surface area contributed by atoms with Gasteiger partial charge in [0.15, 0.2) is 5.82 Å². The predicted molar refractivity (Wildman–Crippen MR) is 142 cm³/mol. The fourth-order valence-corrected chi connectivity index (χ4v) is 5.16. The molecule has 1 atom stereocenters. The van der Waals surface area contributed by atoms with Crippen molar-refractivity contribution in [3.8, 4) is 0 Å². The molecule has 2 aliphatic rings. The van der Waals surface area contributed by atoms with Gasteiger partial charge in [-0.3, -0.25) is 4.90 Å². The van der Waals surface area contributed by atoms with Gasteiger partial charge in [-0.15, -0.1) is 22.6 Å². The normalized spacial score (nSPS) is 18.4. The van der Waals surface area contributed by atoms with E-state index in [9.17, 15) is 13.2 Å². The molecule has 5 rings (SSSR count). The van der Waals surface area contributed by atoms with Gasteiger partial charge in [-0.2, -0.15) is 13.2 Å². The minimum atomic E-state index is -4.38. The Labute approximate surface area is 221 Å². The molecule has 0 unspecified atom stereocenters. The summed E-state index contributed by atoms with van der Waals surface area (Å²) in [5, 5.41) is 19.7. The molecule has 2 N–H and O–H groups in total. The molecule has 0 bridgehead atoms. The first-order valence-electron chi connectivity index (χ1n) is 12.6. The van der Waals surface area contributed by atoms with Gasteiger partial charge >= 0.3 is 6.18 Å². The maximum absolute atomic E-state index is 13.2. The molecule has 2 fully saturated rings. The van der Waals surface area contributed by atoms with Crippen LogP contribution in [0.15, 0.2) is 42.5 Å². The lowest BCUT2D eigenvalue weighted by atomic mass is 9.97. The van der Waals surface area contributed by atoms with Gasteiger partial charge in [0.25, 0.3) is 0 Å². The van der Waals surface area contributed by atoms with Crippen molar-refractivity contribution in [2.75, 3.05) is 56.0 Å². The molecule has 2 aromatic carbocycles. The number of alkyl halides is 3. The summed E-state index contributed by atoms with van der Waals surface area (Å²) in [6, 6.07) is 11.0. The third-order valence-electron chi connectivity index (χ3n) is 7.31. The van der Waals surface area contributed by atoms with E-state index in [0.29, 0.717) is 16.9 Å². The molecule has 3 aromatic rings. The largest absolute Gasteiger partial charge is 0.416 e. The Bertz CT molecular complexity index is 1180. The molecule has 0 saturated carbocycles. The molecule has 37 heavy (non-hydrogen) atoms. The van der Waals surface area contributed by atoms with E-state index in [1.165, 1.54) is 31.5 Å². The average Bonchev–Trinajstić information content (AvgIpc) is 2.89. The van der Waals surface area contributed by atoms with E-state index < -0.39 is 17.8 Å². The number of fused-ring (bicyclic) bond motifs is 1. The number of piperidine rings is 1. The molecule has 0 aliphatic carbocycles. The van der Waals surface area contributed by atoms with Crippen molar-refractivity contribution in [3.63, 3.8) is 0 Å². The number of hydrogen-bond donors (Lipinski definition) is 2. The van der Waals surface area contributed by atoms with Crippen LogP contribution >= 0.6 is 12.4 Å². The van der Waals surface area contributed by atoms with Crippen LogP contribution in [0.25, 0.3) is 10.9 Å². The molecule has 0 radical (unpaired) electrons. The molecule has 7 nitrogen and oxygen atoms in total. The van der Waals surface area contributed by atoms with Crippen LogP contribution in [0.1, 0.15) is 36.9 Å². The van der Waals surface area contributed by atoms with E-state index in [4.69, 9.17) is 0 Å². The zero-order chi connectivity index (χ0) is 25.1. The monoisotopic (exact) mass is 535 g/mol. The molecule has 2 saturated heterocycles. The maximum Gasteiger partial charge on any atom is 0.416 e. The Morgan fingerprint density at radius 1 is 1.03 bits per heavy atom. The average molecular weight is 536 g/mol. The first-order valence-corrected chi connectivity index (χ1v) is 12.6. The fraction of sp³-hybridized carbons (Fsp3) is 0.500. The summed E-state index contributed by atoms with van der Waals surface area (Å²) in [6.07, 6.45) is -1.87. The fourth-order valence-electron chi connectivity index (χ4n) is 5.16. The first kappa shape index (κ1) is 27.3. The second kappa shape index (κ2) is 11.8. The second-order valence-electron chi connectivity index (χ2n) is 9.81. The van der Waals surface area contributed by atoms with Crippen LogP contribution in [0.4, 0.5) is 24.7 Å². The van der Waals surface area contributed by atoms with Crippen LogP contribution < -0.4 is 15.5 Å².